The zero-order valence-electron chi connectivity index (χ0n) is 13.5. The highest BCUT2D eigenvalue weighted by molar-refractivity contribution is 5.92. The Bertz CT molecular complexity index is 760. The third-order valence-corrected chi connectivity index (χ3v) is 4.27. The summed E-state index contributed by atoms with van der Waals surface area (Å²) < 4.78 is 29.4. The number of aliphatic hydroxyl groups is 1. The summed E-state index contributed by atoms with van der Waals surface area (Å²) in [6.45, 7) is 3.98. The van der Waals surface area contributed by atoms with Gasteiger partial charge in [-0.3, -0.25) is 4.79 Å². The Balaban J connectivity index is 1.92. The predicted molar refractivity (Wildman–Crippen MR) is 83.4 cm³/mol. The zero-order chi connectivity index (χ0) is 17.4. The molecule has 1 N–H and O–H groups in total. The van der Waals surface area contributed by atoms with Gasteiger partial charge in [-0.2, -0.15) is 0 Å². The second-order valence-electron chi connectivity index (χ2n) is 6.33. The van der Waals surface area contributed by atoms with Gasteiger partial charge in [-0.25, -0.2) is 13.8 Å². The van der Waals surface area contributed by atoms with E-state index in [0.717, 1.165) is 18.2 Å². The van der Waals surface area contributed by atoms with E-state index < -0.39 is 29.7 Å². The number of β-amino-alcohol motifs (C(OH)–C–C–N with tert-alkyl or cyclic N) is 1. The van der Waals surface area contributed by atoms with Crippen LogP contribution in [0.15, 0.2) is 30.7 Å². The van der Waals surface area contributed by atoms with Gasteiger partial charge in [-0.15, -0.1) is 0 Å². The SMILES string of the molecule is CC(C)n1cnc(C(=O)N2C[C@H](O)C[C@H]2c2cc(F)ccc2F)c1. The summed E-state index contributed by atoms with van der Waals surface area (Å²) >= 11 is 0. The third-order valence-electron chi connectivity index (χ3n) is 4.27. The van der Waals surface area contributed by atoms with Gasteiger partial charge < -0.3 is 14.6 Å². The lowest BCUT2D eigenvalue weighted by atomic mass is 10.0. The molecule has 1 amide bonds. The molecule has 24 heavy (non-hydrogen) atoms. The highest BCUT2D eigenvalue weighted by Crippen LogP contribution is 2.35. The highest BCUT2D eigenvalue weighted by Gasteiger charge is 2.38. The zero-order valence-corrected chi connectivity index (χ0v) is 13.5. The number of carbonyl (C=O) groups excluding carboxylic acids is 1. The van der Waals surface area contributed by atoms with Crippen LogP contribution in [0, 0.1) is 11.6 Å². The van der Waals surface area contributed by atoms with Crippen LogP contribution in [0.3, 0.4) is 0 Å². The molecular formula is C17H19F2N3O2. The number of likely N-dealkylation sites (tertiary alicyclic amines) is 1. The van der Waals surface area contributed by atoms with E-state index in [2.05, 4.69) is 4.98 Å². The second-order valence-corrected chi connectivity index (χ2v) is 6.33. The molecule has 0 radical (unpaired) electrons. The van der Waals surface area contributed by atoms with Gasteiger partial charge in [-0.05, 0) is 38.5 Å². The van der Waals surface area contributed by atoms with Crippen LogP contribution in [0.25, 0.3) is 0 Å². The van der Waals surface area contributed by atoms with Gasteiger partial charge in [0.1, 0.15) is 17.3 Å². The number of aliphatic hydroxyl groups excluding tert-OH is 1. The minimum absolute atomic E-state index is 0.0635. The number of imidazole rings is 1. The fraction of sp³-hybridized carbons (Fsp3) is 0.412. The van der Waals surface area contributed by atoms with Crippen LogP contribution in [0.5, 0.6) is 0 Å². The lowest BCUT2D eigenvalue weighted by Gasteiger charge is -2.24. The topological polar surface area (TPSA) is 58.4 Å². The van der Waals surface area contributed by atoms with E-state index >= 15 is 0 Å². The van der Waals surface area contributed by atoms with Crippen LogP contribution in [0.4, 0.5) is 8.78 Å². The highest BCUT2D eigenvalue weighted by atomic mass is 19.1. The Hall–Kier alpha value is -2.28. The minimum Gasteiger partial charge on any atom is -0.391 e. The molecule has 2 atom stereocenters. The number of hydrogen-bond acceptors (Lipinski definition) is 3. The molecule has 0 spiro atoms. The van der Waals surface area contributed by atoms with Crippen molar-refractivity contribution in [2.24, 2.45) is 0 Å². The number of aromatic nitrogens is 2. The summed E-state index contributed by atoms with van der Waals surface area (Å²) in [7, 11) is 0. The molecule has 1 aliphatic rings. The van der Waals surface area contributed by atoms with Gasteiger partial charge in [0.25, 0.3) is 5.91 Å². The molecular weight excluding hydrogens is 316 g/mol. The molecule has 1 fully saturated rings. The lowest BCUT2D eigenvalue weighted by molar-refractivity contribution is 0.0708. The first-order valence-electron chi connectivity index (χ1n) is 7.84. The number of amides is 1. The smallest absolute Gasteiger partial charge is 0.274 e. The standard InChI is InChI=1S/C17H19F2N3O2/c1-10(2)21-8-15(20-9-21)17(24)22-7-12(23)6-16(22)13-5-11(18)3-4-14(13)19/h3-5,8-10,12,16,23H,6-7H2,1-2H3/t12-,16+/m1/s1. The van der Waals surface area contributed by atoms with E-state index in [1.807, 2.05) is 13.8 Å². The number of carbonyl (C=O) groups is 1. The lowest BCUT2D eigenvalue weighted by Crippen LogP contribution is -2.32. The van der Waals surface area contributed by atoms with Gasteiger partial charge in [0.05, 0.1) is 18.5 Å². The summed E-state index contributed by atoms with van der Waals surface area (Å²) in [5.74, 6) is -1.58. The summed E-state index contributed by atoms with van der Waals surface area (Å²) in [6, 6.07) is 2.57. The predicted octanol–water partition coefficient (Wildman–Crippen LogP) is 2.69. The van der Waals surface area contributed by atoms with Crippen molar-refractivity contribution in [3.8, 4) is 0 Å². The molecule has 0 saturated carbocycles. The van der Waals surface area contributed by atoms with Crippen LogP contribution < -0.4 is 0 Å². The van der Waals surface area contributed by atoms with Crippen LogP contribution in [0.1, 0.15) is 48.4 Å². The van der Waals surface area contributed by atoms with E-state index in [0.29, 0.717) is 0 Å². The maximum atomic E-state index is 14.1. The van der Waals surface area contributed by atoms with Crippen molar-refractivity contribution in [1.82, 2.24) is 14.5 Å². The van der Waals surface area contributed by atoms with Gasteiger partial charge in [0.2, 0.25) is 0 Å². The Morgan fingerprint density at radius 2 is 2.12 bits per heavy atom. The van der Waals surface area contributed by atoms with Gasteiger partial charge >= 0.3 is 0 Å². The number of rotatable bonds is 3. The van der Waals surface area contributed by atoms with Crippen LogP contribution in [-0.4, -0.2) is 38.1 Å². The molecule has 1 aliphatic heterocycles. The largest absolute Gasteiger partial charge is 0.391 e. The molecule has 3 rings (SSSR count). The summed E-state index contributed by atoms with van der Waals surface area (Å²) in [6.07, 6.45) is 2.56. The third kappa shape index (κ3) is 3.03. The van der Waals surface area contributed by atoms with Gasteiger partial charge in [0.15, 0.2) is 0 Å². The average Bonchev–Trinajstić information content (AvgIpc) is 3.16. The number of halogens is 2. The van der Waals surface area contributed by atoms with Crippen LogP contribution in [-0.2, 0) is 0 Å². The average molecular weight is 335 g/mol. The first-order chi connectivity index (χ1) is 11.4. The Kier molecular flexibility index (Phi) is 4.36. The minimum atomic E-state index is -0.784. The van der Waals surface area contributed by atoms with Crippen molar-refractivity contribution in [3.63, 3.8) is 0 Å². The molecule has 2 aromatic rings. The Morgan fingerprint density at radius 1 is 1.38 bits per heavy atom. The molecule has 0 unspecified atom stereocenters. The van der Waals surface area contributed by atoms with E-state index in [1.54, 1.807) is 17.1 Å². The Labute approximate surface area is 138 Å². The number of nitrogens with zero attached hydrogens (tertiary/aromatic N) is 3. The van der Waals surface area contributed by atoms with Gasteiger partial charge in [-0.1, -0.05) is 0 Å². The summed E-state index contributed by atoms with van der Waals surface area (Å²) in [5, 5.41) is 9.95. The quantitative estimate of drug-likeness (QED) is 0.938. The maximum absolute atomic E-state index is 14.1. The molecule has 0 aliphatic carbocycles. The maximum Gasteiger partial charge on any atom is 0.274 e. The fourth-order valence-corrected chi connectivity index (χ4v) is 2.98. The normalized spacial score (nSPS) is 20.8. The molecule has 7 heteroatoms. The number of hydrogen-bond donors (Lipinski definition) is 1. The number of benzene rings is 1. The summed E-state index contributed by atoms with van der Waals surface area (Å²) in [4.78, 5) is 18.2. The molecule has 5 nitrogen and oxygen atoms in total. The first-order valence-corrected chi connectivity index (χ1v) is 7.84. The van der Waals surface area contributed by atoms with Crippen LogP contribution >= 0.6 is 0 Å². The Morgan fingerprint density at radius 3 is 2.79 bits per heavy atom. The van der Waals surface area contributed by atoms with Crippen molar-refractivity contribution in [2.75, 3.05) is 6.54 Å². The van der Waals surface area contributed by atoms with E-state index in [1.165, 1.54) is 4.90 Å². The molecule has 128 valence electrons. The molecule has 1 aromatic carbocycles. The van der Waals surface area contributed by atoms with Gasteiger partial charge in [0, 0.05) is 24.3 Å². The van der Waals surface area contributed by atoms with Crippen molar-refractivity contribution in [3.05, 3.63) is 53.6 Å². The molecule has 0 bridgehead atoms. The molecule has 2 heterocycles. The fourth-order valence-electron chi connectivity index (χ4n) is 2.98. The van der Waals surface area contributed by atoms with Crippen molar-refractivity contribution < 1.29 is 18.7 Å². The monoisotopic (exact) mass is 335 g/mol. The van der Waals surface area contributed by atoms with Crippen LogP contribution in [0.2, 0.25) is 0 Å². The summed E-state index contributed by atoms with van der Waals surface area (Å²) in [5.41, 5.74) is 0.294. The molecule has 1 aromatic heterocycles. The first kappa shape index (κ1) is 16.6. The van der Waals surface area contributed by atoms with Crippen molar-refractivity contribution >= 4 is 5.91 Å². The molecule has 1 saturated heterocycles. The van der Waals surface area contributed by atoms with E-state index in [4.69, 9.17) is 0 Å². The second kappa shape index (κ2) is 6.32. The van der Waals surface area contributed by atoms with E-state index in [9.17, 15) is 18.7 Å². The van der Waals surface area contributed by atoms with Crippen molar-refractivity contribution in [2.45, 2.75) is 38.5 Å². The van der Waals surface area contributed by atoms with Crippen molar-refractivity contribution in [1.29, 1.82) is 0 Å². The van der Waals surface area contributed by atoms with E-state index in [-0.39, 0.29) is 30.3 Å².